The van der Waals surface area contributed by atoms with Crippen LogP contribution in [0.25, 0.3) is 0 Å². The summed E-state index contributed by atoms with van der Waals surface area (Å²) in [5.74, 6) is 1.54. The molecule has 0 saturated carbocycles. The molecule has 1 aromatic carbocycles. The first-order valence-corrected chi connectivity index (χ1v) is 9.96. The summed E-state index contributed by atoms with van der Waals surface area (Å²) < 4.78 is 7.46. The largest absolute Gasteiger partial charge is 0.494 e. The number of aromatic nitrogens is 2. The maximum Gasteiger partial charge on any atom is 0.269 e. The number of hydrogen-bond donors (Lipinski definition) is 1. The number of carbonyl (C=O) groups excluding carboxylic acids is 1. The fraction of sp³-hybridized carbons (Fsp3) is 0.545. The number of unbranched alkanes of at least 4 members (excludes halogenated alkanes) is 3. The van der Waals surface area contributed by atoms with Gasteiger partial charge in [-0.2, -0.15) is 5.10 Å². The van der Waals surface area contributed by atoms with Gasteiger partial charge in [-0.3, -0.25) is 9.48 Å². The second-order valence-electron chi connectivity index (χ2n) is 7.57. The van der Waals surface area contributed by atoms with Crippen LogP contribution in [-0.2, 0) is 13.6 Å². The highest BCUT2D eigenvalue weighted by atomic mass is 16.5. The van der Waals surface area contributed by atoms with E-state index in [1.54, 1.807) is 17.8 Å². The van der Waals surface area contributed by atoms with Gasteiger partial charge in [-0.05, 0) is 43.0 Å². The van der Waals surface area contributed by atoms with E-state index in [0.29, 0.717) is 12.2 Å². The molecule has 27 heavy (non-hydrogen) atoms. The van der Waals surface area contributed by atoms with Crippen molar-refractivity contribution in [2.45, 2.75) is 59.4 Å². The topological polar surface area (TPSA) is 56.1 Å². The maximum atomic E-state index is 12.3. The Labute approximate surface area is 163 Å². The van der Waals surface area contributed by atoms with Crippen LogP contribution in [0.1, 0.15) is 67.7 Å². The standard InChI is InChI=1S/C22H33N3O2/c1-17(2)10-7-5-6-8-13-27-20-12-9-11-19(15-20)16-23-22(26)21-14-18(3)24-25(21)4/h9,11-12,14-15,17H,5-8,10,13,16H2,1-4H3,(H,23,26). The van der Waals surface area contributed by atoms with E-state index in [0.717, 1.165) is 36.0 Å². The molecular formula is C22H33N3O2. The molecule has 2 aromatic rings. The Bertz CT molecular complexity index is 722. The van der Waals surface area contributed by atoms with Crippen LogP contribution in [0.15, 0.2) is 30.3 Å². The summed E-state index contributed by atoms with van der Waals surface area (Å²) in [6, 6.07) is 9.71. The highest BCUT2D eigenvalue weighted by molar-refractivity contribution is 5.92. The molecule has 1 heterocycles. The van der Waals surface area contributed by atoms with Crippen molar-refractivity contribution in [2.75, 3.05) is 6.61 Å². The molecule has 0 radical (unpaired) electrons. The number of rotatable bonds is 11. The van der Waals surface area contributed by atoms with Crippen LogP contribution in [0, 0.1) is 12.8 Å². The number of nitrogens with zero attached hydrogens (tertiary/aromatic N) is 2. The van der Waals surface area contributed by atoms with Gasteiger partial charge in [0.1, 0.15) is 11.4 Å². The predicted octanol–water partition coefficient (Wildman–Crippen LogP) is 4.64. The van der Waals surface area contributed by atoms with Crippen molar-refractivity contribution in [3.63, 3.8) is 0 Å². The second-order valence-corrected chi connectivity index (χ2v) is 7.57. The summed E-state index contributed by atoms with van der Waals surface area (Å²) in [5, 5.41) is 7.15. The number of nitrogens with one attached hydrogen (secondary N) is 1. The summed E-state index contributed by atoms with van der Waals surface area (Å²) in [5.41, 5.74) is 2.43. The van der Waals surface area contributed by atoms with Crippen molar-refractivity contribution in [3.8, 4) is 5.75 Å². The predicted molar refractivity (Wildman–Crippen MR) is 109 cm³/mol. The number of hydrogen-bond acceptors (Lipinski definition) is 3. The summed E-state index contributed by atoms with van der Waals surface area (Å²) in [6.45, 7) is 7.63. The van der Waals surface area contributed by atoms with Crippen LogP contribution in [-0.4, -0.2) is 22.3 Å². The van der Waals surface area contributed by atoms with Gasteiger partial charge < -0.3 is 10.1 Å². The Morgan fingerprint density at radius 2 is 1.96 bits per heavy atom. The first-order chi connectivity index (χ1) is 13.0. The molecule has 0 spiro atoms. The lowest BCUT2D eigenvalue weighted by atomic mass is 10.0. The van der Waals surface area contributed by atoms with E-state index in [9.17, 15) is 4.79 Å². The molecule has 0 unspecified atom stereocenters. The molecule has 0 aliphatic carbocycles. The number of carbonyl (C=O) groups is 1. The smallest absolute Gasteiger partial charge is 0.269 e. The zero-order valence-corrected chi connectivity index (χ0v) is 17.1. The second kappa shape index (κ2) is 10.8. The molecule has 0 saturated heterocycles. The van der Waals surface area contributed by atoms with Crippen molar-refractivity contribution in [1.82, 2.24) is 15.1 Å². The van der Waals surface area contributed by atoms with Gasteiger partial charge in [0.15, 0.2) is 0 Å². The van der Waals surface area contributed by atoms with Gasteiger partial charge in [0, 0.05) is 13.6 Å². The maximum absolute atomic E-state index is 12.3. The lowest BCUT2D eigenvalue weighted by Crippen LogP contribution is -2.25. The lowest BCUT2D eigenvalue weighted by molar-refractivity contribution is 0.0941. The molecule has 0 bridgehead atoms. The van der Waals surface area contributed by atoms with E-state index >= 15 is 0 Å². The molecule has 0 aliphatic rings. The van der Waals surface area contributed by atoms with E-state index in [1.807, 2.05) is 31.2 Å². The van der Waals surface area contributed by atoms with Crippen LogP contribution >= 0.6 is 0 Å². The van der Waals surface area contributed by atoms with E-state index in [2.05, 4.69) is 24.3 Å². The van der Waals surface area contributed by atoms with E-state index in [1.165, 1.54) is 25.7 Å². The van der Waals surface area contributed by atoms with Crippen molar-refractivity contribution in [1.29, 1.82) is 0 Å². The highest BCUT2D eigenvalue weighted by Gasteiger charge is 2.11. The summed E-state index contributed by atoms with van der Waals surface area (Å²) >= 11 is 0. The third kappa shape index (κ3) is 7.45. The van der Waals surface area contributed by atoms with E-state index < -0.39 is 0 Å². The fourth-order valence-corrected chi connectivity index (χ4v) is 3.04. The van der Waals surface area contributed by atoms with Gasteiger partial charge >= 0.3 is 0 Å². The zero-order chi connectivity index (χ0) is 19.6. The van der Waals surface area contributed by atoms with Crippen LogP contribution in [0.3, 0.4) is 0 Å². The normalized spacial score (nSPS) is 11.0. The minimum absolute atomic E-state index is 0.120. The molecule has 2 rings (SSSR count). The molecule has 1 amide bonds. The van der Waals surface area contributed by atoms with Crippen LogP contribution in [0.2, 0.25) is 0 Å². The molecule has 1 aromatic heterocycles. The molecule has 0 aliphatic heterocycles. The van der Waals surface area contributed by atoms with Crippen LogP contribution < -0.4 is 10.1 Å². The van der Waals surface area contributed by atoms with Gasteiger partial charge in [0.05, 0.1) is 12.3 Å². The Kier molecular flexibility index (Phi) is 8.37. The number of aryl methyl sites for hydroxylation is 2. The van der Waals surface area contributed by atoms with Gasteiger partial charge in [-0.1, -0.05) is 51.7 Å². The lowest BCUT2D eigenvalue weighted by Gasteiger charge is -2.09. The van der Waals surface area contributed by atoms with Crippen molar-refractivity contribution in [3.05, 3.63) is 47.3 Å². The van der Waals surface area contributed by atoms with Crippen molar-refractivity contribution in [2.24, 2.45) is 13.0 Å². The fourth-order valence-electron chi connectivity index (χ4n) is 3.04. The quantitative estimate of drug-likeness (QED) is 0.585. The Morgan fingerprint density at radius 3 is 2.67 bits per heavy atom. The van der Waals surface area contributed by atoms with Crippen LogP contribution in [0.5, 0.6) is 5.75 Å². The first kappa shape index (κ1) is 21.0. The zero-order valence-electron chi connectivity index (χ0n) is 17.1. The van der Waals surface area contributed by atoms with Gasteiger partial charge in [0.25, 0.3) is 5.91 Å². The number of amides is 1. The van der Waals surface area contributed by atoms with Gasteiger partial charge in [-0.15, -0.1) is 0 Å². The van der Waals surface area contributed by atoms with E-state index in [4.69, 9.17) is 4.74 Å². The minimum Gasteiger partial charge on any atom is -0.494 e. The molecule has 5 heteroatoms. The SMILES string of the molecule is Cc1cc(C(=O)NCc2cccc(OCCCCCCC(C)C)c2)n(C)n1. The van der Waals surface area contributed by atoms with Crippen molar-refractivity contribution >= 4 is 5.91 Å². The average molecular weight is 372 g/mol. The molecule has 1 N–H and O–H groups in total. The molecule has 5 nitrogen and oxygen atoms in total. The Hall–Kier alpha value is -2.30. The van der Waals surface area contributed by atoms with Gasteiger partial charge in [-0.25, -0.2) is 0 Å². The minimum atomic E-state index is -0.120. The third-order valence-electron chi connectivity index (χ3n) is 4.53. The molecule has 0 atom stereocenters. The molecule has 0 fully saturated rings. The van der Waals surface area contributed by atoms with Gasteiger partial charge in [0.2, 0.25) is 0 Å². The number of ether oxygens (including phenoxy) is 1. The Balaban J connectivity index is 1.71. The van der Waals surface area contributed by atoms with E-state index in [-0.39, 0.29) is 5.91 Å². The Morgan fingerprint density at radius 1 is 1.19 bits per heavy atom. The highest BCUT2D eigenvalue weighted by Crippen LogP contribution is 2.15. The summed E-state index contributed by atoms with van der Waals surface area (Å²) in [6.07, 6.45) is 6.20. The third-order valence-corrected chi connectivity index (χ3v) is 4.53. The number of benzene rings is 1. The monoisotopic (exact) mass is 371 g/mol. The molecular weight excluding hydrogens is 338 g/mol. The first-order valence-electron chi connectivity index (χ1n) is 9.96. The molecule has 148 valence electrons. The van der Waals surface area contributed by atoms with Crippen molar-refractivity contribution < 1.29 is 9.53 Å². The average Bonchev–Trinajstić information content (AvgIpc) is 2.97. The summed E-state index contributed by atoms with van der Waals surface area (Å²) in [4.78, 5) is 12.3. The van der Waals surface area contributed by atoms with Crippen LogP contribution in [0.4, 0.5) is 0 Å². The summed E-state index contributed by atoms with van der Waals surface area (Å²) in [7, 11) is 1.78.